The number of amides is 2. The van der Waals surface area contributed by atoms with E-state index in [1.807, 2.05) is 19.1 Å². The van der Waals surface area contributed by atoms with Crippen LogP contribution in [0.15, 0.2) is 42.5 Å². The fraction of sp³-hybridized carbons (Fsp3) is 0.462. The van der Waals surface area contributed by atoms with E-state index in [9.17, 15) is 9.59 Å². The Morgan fingerprint density at radius 3 is 2.58 bits per heavy atom. The second kappa shape index (κ2) is 12.7. The van der Waals surface area contributed by atoms with Gasteiger partial charge in [-0.15, -0.1) is 11.8 Å². The molecule has 1 N–H and O–H groups in total. The fourth-order valence-corrected chi connectivity index (χ4v) is 5.59. The zero-order valence-electron chi connectivity index (χ0n) is 19.3. The molecule has 2 amide bonds. The van der Waals surface area contributed by atoms with Crippen molar-refractivity contribution >= 4 is 46.8 Å². The largest absolute Gasteiger partial charge is 0.352 e. The molecule has 2 aromatic rings. The molecule has 1 fully saturated rings. The van der Waals surface area contributed by atoms with Crippen molar-refractivity contribution in [2.75, 3.05) is 5.75 Å². The van der Waals surface area contributed by atoms with Crippen molar-refractivity contribution in [1.29, 1.82) is 0 Å². The van der Waals surface area contributed by atoms with Gasteiger partial charge in [-0.25, -0.2) is 0 Å². The van der Waals surface area contributed by atoms with E-state index >= 15 is 0 Å². The highest BCUT2D eigenvalue weighted by Gasteiger charge is 2.30. The van der Waals surface area contributed by atoms with Crippen molar-refractivity contribution in [2.45, 2.75) is 70.3 Å². The summed E-state index contributed by atoms with van der Waals surface area (Å²) in [6.07, 6.45) is 4.83. The van der Waals surface area contributed by atoms with Gasteiger partial charge in [-0.3, -0.25) is 9.59 Å². The summed E-state index contributed by atoms with van der Waals surface area (Å²) < 4.78 is 0. The Hall–Kier alpha value is -1.69. The summed E-state index contributed by atoms with van der Waals surface area (Å²) in [6, 6.07) is 13.2. The molecule has 0 radical (unpaired) electrons. The summed E-state index contributed by atoms with van der Waals surface area (Å²) in [6.45, 7) is 4.28. The summed E-state index contributed by atoms with van der Waals surface area (Å²) in [5, 5.41) is 4.21. The van der Waals surface area contributed by atoms with Crippen LogP contribution >= 0.6 is 35.0 Å². The molecule has 2 aromatic carbocycles. The number of nitrogens with one attached hydrogen (secondary N) is 1. The van der Waals surface area contributed by atoms with Gasteiger partial charge in [0.1, 0.15) is 6.04 Å². The van der Waals surface area contributed by atoms with Gasteiger partial charge in [0.15, 0.2) is 0 Å². The van der Waals surface area contributed by atoms with E-state index < -0.39 is 6.04 Å². The molecule has 33 heavy (non-hydrogen) atoms. The number of aryl methyl sites for hydroxylation is 1. The minimum absolute atomic E-state index is 0.0629. The Bertz CT molecular complexity index is 963. The predicted molar refractivity (Wildman–Crippen MR) is 139 cm³/mol. The molecule has 178 valence electrons. The van der Waals surface area contributed by atoms with Gasteiger partial charge in [-0.2, -0.15) is 0 Å². The molecular weight excluding hydrogens is 475 g/mol. The quantitative estimate of drug-likeness (QED) is 0.405. The zero-order chi connectivity index (χ0) is 23.8. The lowest BCUT2D eigenvalue weighted by atomic mass is 10.1. The smallest absolute Gasteiger partial charge is 0.243 e. The lowest BCUT2D eigenvalue weighted by molar-refractivity contribution is -0.139. The van der Waals surface area contributed by atoms with E-state index in [0.717, 1.165) is 37.0 Å². The molecule has 4 nitrogen and oxygen atoms in total. The third-order valence-corrected chi connectivity index (χ3v) is 7.60. The first-order chi connectivity index (χ1) is 15.9. The Morgan fingerprint density at radius 2 is 1.91 bits per heavy atom. The van der Waals surface area contributed by atoms with Crippen LogP contribution < -0.4 is 5.32 Å². The molecule has 0 aliphatic heterocycles. The molecule has 7 heteroatoms. The summed E-state index contributed by atoms with van der Waals surface area (Å²) >= 11 is 14.0. The maximum absolute atomic E-state index is 13.4. The highest BCUT2D eigenvalue weighted by atomic mass is 35.5. The molecule has 1 aliphatic carbocycles. The maximum Gasteiger partial charge on any atom is 0.243 e. The number of carbonyl (C=O) groups excluding carboxylic acids is 2. The number of nitrogens with zero attached hydrogens (tertiary/aromatic N) is 1. The van der Waals surface area contributed by atoms with Crippen LogP contribution in [0.25, 0.3) is 0 Å². The second-order valence-electron chi connectivity index (χ2n) is 8.65. The van der Waals surface area contributed by atoms with Gasteiger partial charge >= 0.3 is 0 Å². The van der Waals surface area contributed by atoms with Gasteiger partial charge in [0, 0.05) is 28.4 Å². The van der Waals surface area contributed by atoms with Crippen molar-refractivity contribution in [1.82, 2.24) is 10.2 Å². The summed E-state index contributed by atoms with van der Waals surface area (Å²) in [5.41, 5.74) is 3.17. The molecule has 0 spiro atoms. The van der Waals surface area contributed by atoms with Crippen molar-refractivity contribution in [2.24, 2.45) is 0 Å². The molecule has 0 aromatic heterocycles. The van der Waals surface area contributed by atoms with Crippen LogP contribution in [0.4, 0.5) is 0 Å². The number of halogens is 2. The van der Waals surface area contributed by atoms with Crippen LogP contribution in [0.1, 0.15) is 55.7 Å². The van der Waals surface area contributed by atoms with Crippen LogP contribution in [0.5, 0.6) is 0 Å². The first-order valence-electron chi connectivity index (χ1n) is 11.5. The average molecular weight is 508 g/mol. The average Bonchev–Trinajstić information content (AvgIpc) is 3.28. The third-order valence-electron chi connectivity index (χ3n) is 6.02. The van der Waals surface area contributed by atoms with Crippen molar-refractivity contribution in [3.8, 4) is 0 Å². The van der Waals surface area contributed by atoms with E-state index in [1.54, 1.807) is 28.8 Å². The molecule has 1 saturated carbocycles. The number of rotatable bonds is 10. The monoisotopic (exact) mass is 506 g/mol. The molecular formula is C26H32Cl2N2O2S. The summed E-state index contributed by atoms with van der Waals surface area (Å²) in [5.74, 6) is 0.902. The number of carbonyl (C=O) groups is 2. The van der Waals surface area contributed by atoms with Crippen LogP contribution in [0.2, 0.25) is 10.0 Å². The van der Waals surface area contributed by atoms with E-state index in [1.165, 1.54) is 11.1 Å². The third kappa shape index (κ3) is 7.66. The minimum Gasteiger partial charge on any atom is -0.352 e. The van der Waals surface area contributed by atoms with E-state index in [4.69, 9.17) is 23.2 Å². The van der Waals surface area contributed by atoms with Crippen LogP contribution in [-0.4, -0.2) is 34.6 Å². The summed E-state index contributed by atoms with van der Waals surface area (Å²) in [4.78, 5) is 28.2. The van der Waals surface area contributed by atoms with E-state index in [0.29, 0.717) is 22.2 Å². The fourth-order valence-electron chi connectivity index (χ4n) is 4.26. The molecule has 0 heterocycles. The minimum atomic E-state index is -0.538. The van der Waals surface area contributed by atoms with Crippen LogP contribution in [0, 0.1) is 6.92 Å². The zero-order valence-corrected chi connectivity index (χ0v) is 21.6. The van der Waals surface area contributed by atoms with Crippen molar-refractivity contribution in [3.05, 3.63) is 69.2 Å². The highest BCUT2D eigenvalue weighted by molar-refractivity contribution is 7.99. The van der Waals surface area contributed by atoms with Gasteiger partial charge in [0.2, 0.25) is 11.8 Å². The number of benzene rings is 2. The van der Waals surface area contributed by atoms with E-state index in [-0.39, 0.29) is 24.4 Å². The Kier molecular flexibility index (Phi) is 9.96. The Labute approximate surface area is 211 Å². The second-order valence-corrected chi connectivity index (χ2v) is 10.5. The predicted octanol–water partition coefficient (Wildman–Crippen LogP) is 6.40. The number of hydrogen-bond donors (Lipinski definition) is 1. The van der Waals surface area contributed by atoms with Gasteiger partial charge in [0.05, 0.1) is 5.75 Å². The maximum atomic E-state index is 13.4. The Balaban J connectivity index is 1.73. The molecule has 0 unspecified atom stereocenters. The topological polar surface area (TPSA) is 49.4 Å². The summed E-state index contributed by atoms with van der Waals surface area (Å²) in [7, 11) is 0. The van der Waals surface area contributed by atoms with E-state index in [2.05, 4.69) is 30.4 Å². The standard InChI is InChI=1S/C26H32Cl2N2O2S/c1-3-24(26(32)29-22-9-4-5-10-22)30(15-20-11-12-21(27)14-23(20)28)25(31)17-33-16-19-8-6-7-18(2)13-19/h6-8,11-14,22,24H,3-5,9-10,15-17H2,1-2H3,(H,29,32)/t24-/m0/s1. The van der Waals surface area contributed by atoms with Crippen molar-refractivity contribution in [3.63, 3.8) is 0 Å². The highest BCUT2D eigenvalue weighted by Crippen LogP contribution is 2.25. The number of hydrogen-bond acceptors (Lipinski definition) is 3. The SMILES string of the molecule is CC[C@@H](C(=O)NC1CCCC1)N(Cc1ccc(Cl)cc1Cl)C(=O)CSCc1cccc(C)c1. The van der Waals surface area contributed by atoms with Gasteiger partial charge in [-0.05, 0) is 49.4 Å². The molecule has 1 aliphatic rings. The lowest BCUT2D eigenvalue weighted by Crippen LogP contribution is -2.51. The van der Waals surface area contributed by atoms with Gasteiger partial charge in [-0.1, -0.05) is 78.9 Å². The van der Waals surface area contributed by atoms with Gasteiger partial charge in [0.25, 0.3) is 0 Å². The first-order valence-corrected chi connectivity index (χ1v) is 13.5. The number of thioether (sulfide) groups is 1. The normalized spacial score (nSPS) is 14.8. The molecule has 0 saturated heterocycles. The lowest BCUT2D eigenvalue weighted by Gasteiger charge is -2.31. The van der Waals surface area contributed by atoms with Gasteiger partial charge < -0.3 is 10.2 Å². The van der Waals surface area contributed by atoms with Crippen molar-refractivity contribution < 1.29 is 9.59 Å². The Morgan fingerprint density at radius 1 is 1.15 bits per heavy atom. The van der Waals surface area contributed by atoms with Crippen LogP contribution in [0.3, 0.4) is 0 Å². The first kappa shape index (κ1) is 25.9. The molecule has 1 atom stereocenters. The molecule has 0 bridgehead atoms. The van der Waals surface area contributed by atoms with Crippen LogP contribution in [-0.2, 0) is 21.9 Å². The molecule has 3 rings (SSSR count).